The monoisotopic (exact) mass is 372 g/mol. The molecule has 0 aliphatic rings. The van der Waals surface area contributed by atoms with E-state index in [0.717, 1.165) is 12.8 Å². The molecule has 0 amide bonds. The van der Waals surface area contributed by atoms with Crippen LogP contribution in [-0.2, 0) is 4.74 Å². The number of ether oxygens (including phenoxy) is 1. The van der Waals surface area contributed by atoms with E-state index in [2.05, 4.69) is 19.1 Å². The van der Waals surface area contributed by atoms with Crippen molar-refractivity contribution >= 4 is 5.97 Å². The minimum atomic E-state index is -0.205. The van der Waals surface area contributed by atoms with Gasteiger partial charge in [0, 0.05) is 0 Å². The van der Waals surface area contributed by atoms with Gasteiger partial charge in [0.25, 0.3) is 0 Å². The number of carbonyl (C=O) groups is 1. The number of hydrogen-bond donors (Lipinski definition) is 0. The molecule has 152 valence electrons. The van der Waals surface area contributed by atoms with Crippen molar-refractivity contribution < 1.29 is 9.53 Å². The molecule has 0 saturated carbocycles. The van der Waals surface area contributed by atoms with Crippen molar-refractivity contribution in [2.75, 3.05) is 6.61 Å². The Balaban J connectivity index is 1.80. The maximum absolute atomic E-state index is 11.8. The van der Waals surface area contributed by atoms with Crippen LogP contribution in [0.1, 0.15) is 107 Å². The first-order valence-electron chi connectivity index (χ1n) is 11.2. The highest BCUT2D eigenvalue weighted by Crippen LogP contribution is 2.10. The van der Waals surface area contributed by atoms with Gasteiger partial charge in [0.2, 0.25) is 0 Å². The van der Waals surface area contributed by atoms with E-state index in [1.807, 2.05) is 18.2 Å². The molecule has 0 aliphatic carbocycles. The van der Waals surface area contributed by atoms with Gasteiger partial charge in [-0.1, -0.05) is 95.1 Å². The van der Waals surface area contributed by atoms with E-state index in [1.165, 1.54) is 77.0 Å². The minimum absolute atomic E-state index is 0.205. The summed E-state index contributed by atoms with van der Waals surface area (Å²) in [5, 5.41) is 0. The molecule has 27 heavy (non-hydrogen) atoms. The molecule has 0 bridgehead atoms. The van der Waals surface area contributed by atoms with Crippen LogP contribution in [-0.4, -0.2) is 12.6 Å². The summed E-state index contributed by atoms with van der Waals surface area (Å²) in [6.45, 7) is 2.81. The van der Waals surface area contributed by atoms with Crippen molar-refractivity contribution in [1.82, 2.24) is 0 Å². The number of allylic oxidation sites excluding steroid dienone is 2. The lowest BCUT2D eigenvalue weighted by atomic mass is 10.1. The molecule has 0 spiro atoms. The van der Waals surface area contributed by atoms with E-state index in [9.17, 15) is 4.79 Å². The summed E-state index contributed by atoms with van der Waals surface area (Å²) in [6.07, 6.45) is 22.8. The predicted octanol–water partition coefficient (Wildman–Crippen LogP) is 7.88. The van der Waals surface area contributed by atoms with Crippen molar-refractivity contribution in [2.24, 2.45) is 0 Å². The van der Waals surface area contributed by atoms with Crippen LogP contribution in [0.3, 0.4) is 0 Å². The Kier molecular flexibility index (Phi) is 15.5. The predicted molar refractivity (Wildman–Crippen MR) is 116 cm³/mol. The van der Waals surface area contributed by atoms with Crippen LogP contribution in [0.2, 0.25) is 0 Å². The van der Waals surface area contributed by atoms with Crippen molar-refractivity contribution in [3.8, 4) is 0 Å². The number of rotatable bonds is 17. The maximum Gasteiger partial charge on any atom is 0.338 e. The lowest BCUT2D eigenvalue weighted by Crippen LogP contribution is -2.06. The first-order valence-corrected chi connectivity index (χ1v) is 11.2. The van der Waals surface area contributed by atoms with Gasteiger partial charge in [-0.3, -0.25) is 0 Å². The van der Waals surface area contributed by atoms with Crippen molar-refractivity contribution in [1.29, 1.82) is 0 Å². The summed E-state index contributed by atoms with van der Waals surface area (Å²) >= 11 is 0. The molecule has 1 aromatic carbocycles. The number of carbonyl (C=O) groups excluding carboxylic acids is 1. The van der Waals surface area contributed by atoms with Gasteiger partial charge in [-0.25, -0.2) is 4.79 Å². The average Bonchev–Trinajstić information content (AvgIpc) is 2.70. The topological polar surface area (TPSA) is 26.3 Å². The van der Waals surface area contributed by atoms with Crippen LogP contribution in [0.5, 0.6) is 0 Å². The minimum Gasteiger partial charge on any atom is -0.462 e. The quantitative estimate of drug-likeness (QED) is 0.158. The molecule has 2 heteroatoms. The molecule has 0 N–H and O–H groups in total. The highest BCUT2D eigenvalue weighted by Gasteiger charge is 2.04. The van der Waals surface area contributed by atoms with Gasteiger partial charge in [0.15, 0.2) is 0 Å². The van der Waals surface area contributed by atoms with Gasteiger partial charge in [-0.2, -0.15) is 0 Å². The molecule has 1 aromatic rings. The van der Waals surface area contributed by atoms with Crippen LogP contribution < -0.4 is 0 Å². The lowest BCUT2D eigenvalue weighted by molar-refractivity contribution is 0.0497. The summed E-state index contributed by atoms with van der Waals surface area (Å²) in [7, 11) is 0. The fourth-order valence-electron chi connectivity index (χ4n) is 3.17. The first-order chi connectivity index (χ1) is 13.3. The van der Waals surface area contributed by atoms with E-state index >= 15 is 0 Å². The van der Waals surface area contributed by atoms with Crippen LogP contribution in [0.25, 0.3) is 0 Å². The number of benzene rings is 1. The molecular formula is C25H40O2. The van der Waals surface area contributed by atoms with E-state index in [1.54, 1.807) is 12.1 Å². The van der Waals surface area contributed by atoms with Gasteiger partial charge in [0.1, 0.15) is 0 Å². The zero-order chi connectivity index (χ0) is 19.4. The van der Waals surface area contributed by atoms with Crippen molar-refractivity contribution in [3.63, 3.8) is 0 Å². The van der Waals surface area contributed by atoms with Crippen molar-refractivity contribution in [2.45, 2.75) is 96.8 Å². The second-order valence-corrected chi connectivity index (χ2v) is 7.44. The Labute approximate surface area is 167 Å². The molecule has 0 fully saturated rings. The Hall–Kier alpha value is -1.57. The number of esters is 1. The highest BCUT2D eigenvalue weighted by molar-refractivity contribution is 5.89. The summed E-state index contributed by atoms with van der Waals surface area (Å²) < 4.78 is 5.30. The number of unbranched alkanes of at least 4 members (excludes halogenated alkanes) is 12. The van der Waals surface area contributed by atoms with Crippen molar-refractivity contribution in [3.05, 3.63) is 48.0 Å². The molecule has 0 aliphatic heterocycles. The summed E-state index contributed by atoms with van der Waals surface area (Å²) in [5.74, 6) is -0.205. The Morgan fingerprint density at radius 3 is 1.85 bits per heavy atom. The SMILES string of the molecule is CCCCCCCC/C=C/CCCCCCCCOC(=O)c1ccccc1. The molecule has 2 nitrogen and oxygen atoms in total. The summed E-state index contributed by atoms with van der Waals surface area (Å²) in [4.78, 5) is 11.8. The summed E-state index contributed by atoms with van der Waals surface area (Å²) in [6, 6.07) is 9.22. The van der Waals surface area contributed by atoms with Gasteiger partial charge in [-0.05, 0) is 44.2 Å². The largest absolute Gasteiger partial charge is 0.462 e. The molecule has 0 atom stereocenters. The van der Waals surface area contributed by atoms with Gasteiger partial charge >= 0.3 is 5.97 Å². The van der Waals surface area contributed by atoms with E-state index in [0.29, 0.717) is 12.2 Å². The van der Waals surface area contributed by atoms with Gasteiger partial charge < -0.3 is 4.74 Å². The summed E-state index contributed by atoms with van der Waals surface area (Å²) in [5.41, 5.74) is 0.641. The fraction of sp³-hybridized carbons (Fsp3) is 0.640. The Morgan fingerprint density at radius 2 is 1.26 bits per heavy atom. The average molecular weight is 373 g/mol. The highest BCUT2D eigenvalue weighted by atomic mass is 16.5. The standard InChI is InChI=1S/C25H40O2/c1-2-3-4-5-6-7-8-9-10-11-12-13-14-15-16-20-23-27-25(26)24-21-18-17-19-22-24/h9-10,17-19,21-22H,2-8,11-16,20,23H2,1H3/b10-9+. The van der Waals surface area contributed by atoms with Gasteiger partial charge in [-0.15, -0.1) is 0 Å². The second kappa shape index (κ2) is 17.8. The van der Waals surface area contributed by atoms with E-state index in [-0.39, 0.29) is 5.97 Å². The smallest absolute Gasteiger partial charge is 0.338 e. The third kappa shape index (κ3) is 14.2. The van der Waals surface area contributed by atoms with Crippen LogP contribution in [0.15, 0.2) is 42.5 Å². The third-order valence-corrected chi connectivity index (χ3v) is 4.90. The van der Waals surface area contributed by atoms with Crippen LogP contribution in [0.4, 0.5) is 0 Å². The molecule has 0 saturated heterocycles. The molecule has 0 aromatic heterocycles. The van der Waals surface area contributed by atoms with E-state index < -0.39 is 0 Å². The zero-order valence-corrected chi connectivity index (χ0v) is 17.5. The first kappa shape index (κ1) is 23.5. The molecule has 0 unspecified atom stereocenters. The molecule has 0 heterocycles. The van der Waals surface area contributed by atoms with Gasteiger partial charge in [0.05, 0.1) is 12.2 Å². The normalized spacial score (nSPS) is 11.1. The third-order valence-electron chi connectivity index (χ3n) is 4.90. The number of hydrogen-bond acceptors (Lipinski definition) is 2. The molecule has 1 rings (SSSR count). The Morgan fingerprint density at radius 1 is 0.741 bits per heavy atom. The second-order valence-electron chi connectivity index (χ2n) is 7.44. The lowest BCUT2D eigenvalue weighted by Gasteiger charge is -2.04. The van der Waals surface area contributed by atoms with Crippen LogP contribution >= 0.6 is 0 Å². The fourth-order valence-corrected chi connectivity index (χ4v) is 3.17. The maximum atomic E-state index is 11.8. The zero-order valence-electron chi connectivity index (χ0n) is 17.5. The molecular weight excluding hydrogens is 332 g/mol. The molecule has 0 radical (unpaired) electrons. The Bertz CT molecular complexity index is 478. The van der Waals surface area contributed by atoms with Crippen LogP contribution in [0, 0.1) is 0 Å². The van der Waals surface area contributed by atoms with E-state index in [4.69, 9.17) is 4.74 Å².